The van der Waals surface area contributed by atoms with E-state index >= 15 is 0 Å². The zero-order valence-corrected chi connectivity index (χ0v) is 9.43. The van der Waals surface area contributed by atoms with Crippen LogP contribution in [0.5, 0.6) is 0 Å². The predicted octanol–water partition coefficient (Wildman–Crippen LogP) is 1.65. The number of hydrogen-bond donors (Lipinski definition) is 2. The number of likely N-dealkylation sites (N-methyl/N-ethyl adjacent to an activating group) is 1. The second kappa shape index (κ2) is 5.41. The molecule has 0 unspecified atom stereocenters. The standard InChI is InChI=1S/C11H13ClN2O/c1-13-10(7-11(15)14-2)8-3-5-9(12)6-4-8/h3-7,13H,1-2H3,(H,14,15). The first kappa shape index (κ1) is 11.6. The van der Waals surface area contributed by atoms with Crippen LogP contribution in [0.3, 0.4) is 0 Å². The highest BCUT2D eigenvalue weighted by Gasteiger charge is 2.01. The van der Waals surface area contributed by atoms with Crippen molar-refractivity contribution in [3.63, 3.8) is 0 Å². The highest BCUT2D eigenvalue weighted by atomic mass is 35.5. The van der Waals surface area contributed by atoms with E-state index in [0.29, 0.717) is 5.02 Å². The lowest BCUT2D eigenvalue weighted by Gasteiger charge is -2.06. The van der Waals surface area contributed by atoms with E-state index in [9.17, 15) is 4.79 Å². The van der Waals surface area contributed by atoms with Crippen LogP contribution in [-0.2, 0) is 4.79 Å². The average Bonchev–Trinajstić information content (AvgIpc) is 2.27. The van der Waals surface area contributed by atoms with E-state index in [1.54, 1.807) is 26.2 Å². The van der Waals surface area contributed by atoms with Gasteiger partial charge in [-0.3, -0.25) is 4.79 Å². The van der Waals surface area contributed by atoms with Crippen molar-refractivity contribution in [2.45, 2.75) is 0 Å². The van der Waals surface area contributed by atoms with Gasteiger partial charge in [0.2, 0.25) is 5.91 Å². The van der Waals surface area contributed by atoms with Gasteiger partial charge in [0.15, 0.2) is 0 Å². The van der Waals surface area contributed by atoms with E-state index in [4.69, 9.17) is 11.6 Å². The number of halogens is 1. The molecule has 0 bridgehead atoms. The Morgan fingerprint density at radius 3 is 2.27 bits per heavy atom. The number of benzene rings is 1. The number of rotatable bonds is 3. The van der Waals surface area contributed by atoms with Crippen LogP contribution in [0.1, 0.15) is 5.56 Å². The quantitative estimate of drug-likeness (QED) is 0.767. The van der Waals surface area contributed by atoms with Crippen molar-refractivity contribution in [1.82, 2.24) is 10.6 Å². The second-order valence-corrected chi connectivity index (χ2v) is 3.37. The van der Waals surface area contributed by atoms with Crippen LogP contribution >= 0.6 is 11.6 Å². The summed E-state index contributed by atoms with van der Waals surface area (Å²) in [5, 5.41) is 6.16. The molecule has 0 atom stereocenters. The van der Waals surface area contributed by atoms with Crippen molar-refractivity contribution in [2.24, 2.45) is 0 Å². The van der Waals surface area contributed by atoms with Gasteiger partial charge in [-0.25, -0.2) is 0 Å². The molecule has 1 amide bonds. The molecule has 0 saturated heterocycles. The summed E-state index contributed by atoms with van der Waals surface area (Å²) in [6.07, 6.45) is 1.50. The molecule has 15 heavy (non-hydrogen) atoms. The van der Waals surface area contributed by atoms with Gasteiger partial charge >= 0.3 is 0 Å². The summed E-state index contributed by atoms with van der Waals surface area (Å²) in [6, 6.07) is 7.28. The number of nitrogens with one attached hydrogen (secondary N) is 2. The van der Waals surface area contributed by atoms with Gasteiger partial charge in [0.25, 0.3) is 0 Å². The third-order valence-electron chi connectivity index (χ3n) is 1.95. The minimum absolute atomic E-state index is 0.144. The maximum absolute atomic E-state index is 11.2. The van der Waals surface area contributed by atoms with E-state index in [1.165, 1.54) is 6.08 Å². The lowest BCUT2D eigenvalue weighted by atomic mass is 10.1. The molecular formula is C11H13ClN2O. The van der Waals surface area contributed by atoms with E-state index < -0.39 is 0 Å². The molecule has 2 N–H and O–H groups in total. The van der Waals surface area contributed by atoms with Gasteiger partial charge in [-0.1, -0.05) is 23.7 Å². The van der Waals surface area contributed by atoms with Crippen molar-refractivity contribution in [3.8, 4) is 0 Å². The van der Waals surface area contributed by atoms with E-state index in [2.05, 4.69) is 10.6 Å². The highest BCUT2D eigenvalue weighted by molar-refractivity contribution is 6.30. The number of carbonyl (C=O) groups excluding carboxylic acids is 1. The smallest absolute Gasteiger partial charge is 0.245 e. The van der Waals surface area contributed by atoms with Crippen LogP contribution < -0.4 is 10.6 Å². The van der Waals surface area contributed by atoms with Crippen LogP contribution in [0.4, 0.5) is 0 Å². The van der Waals surface area contributed by atoms with Crippen molar-refractivity contribution >= 4 is 23.2 Å². The first-order chi connectivity index (χ1) is 7.17. The van der Waals surface area contributed by atoms with E-state index in [-0.39, 0.29) is 5.91 Å². The summed E-state index contributed by atoms with van der Waals surface area (Å²) in [5.74, 6) is -0.144. The lowest BCUT2D eigenvalue weighted by molar-refractivity contribution is -0.116. The highest BCUT2D eigenvalue weighted by Crippen LogP contribution is 2.15. The van der Waals surface area contributed by atoms with Crippen LogP contribution in [0.2, 0.25) is 5.02 Å². The maximum atomic E-state index is 11.2. The lowest BCUT2D eigenvalue weighted by Crippen LogP contribution is -2.17. The van der Waals surface area contributed by atoms with Crippen molar-refractivity contribution < 1.29 is 4.79 Å². The summed E-state index contributed by atoms with van der Waals surface area (Å²) in [4.78, 5) is 11.2. The Morgan fingerprint density at radius 2 is 1.80 bits per heavy atom. The monoisotopic (exact) mass is 224 g/mol. The van der Waals surface area contributed by atoms with Gasteiger partial charge in [-0.05, 0) is 17.7 Å². The molecule has 0 fully saturated rings. The number of hydrogen-bond acceptors (Lipinski definition) is 2. The topological polar surface area (TPSA) is 41.1 Å². The molecule has 80 valence electrons. The van der Waals surface area contributed by atoms with Crippen molar-refractivity contribution in [1.29, 1.82) is 0 Å². The molecule has 1 rings (SSSR count). The summed E-state index contributed by atoms with van der Waals surface area (Å²) in [5.41, 5.74) is 1.68. The third kappa shape index (κ3) is 3.29. The fraction of sp³-hybridized carbons (Fsp3) is 0.182. The molecule has 4 heteroatoms. The van der Waals surface area contributed by atoms with E-state index in [0.717, 1.165) is 11.3 Å². The minimum atomic E-state index is -0.144. The molecule has 0 spiro atoms. The normalized spacial score (nSPS) is 11.0. The Labute approximate surface area is 94.1 Å². The average molecular weight is 225 g/mol. The molecule has 0 aromatic heterocycles. The molecule has 1 aromatic carbocycles. The first-order valence-electron chi connectivity index (χ1n) is 4.54. The Kier molecular flexibility index (Phi) is 4.18. The molecule has 0 saturated carbocycles. The van der Waals surface area contributed by atoms with Gasteiger partial charge in [0.1, 0.15) is 0 Å². The van der Waals surface area contributed by atoms with Crippen LogP contribution in [0.15, 0.2) is 30.3 Å². The van der Waals surface area contributed by atoms with Gasteiger partial charge in [-0.2, -0.15) is 0 Å². The van der Waals surface area contributed by atoms with Gasteiger partial charge < -0.3 is 10.6 Å². The van der Waals surface area contributed by atoms with Crippen LogP contribution in [0.25, 0.3) is 5.70 Å². The molecule has 0 aliphatic carbocycles. The molecule has 3 nitrogen and oxygen atoms in total. The third-order valence-corrected chi connectivity index (χ3v) is 2.20. The molecule has 0 heterocycles. The zero-order valence-electron chi connectivity index (χ0n) is 8.67. The van der Waals surface area contributed by atoms with Crippen LogP contribution in [0, 0.1) is 0 Å². The predicted molar refractivity (Wildman–Crippen MR) is 62.6 cm³/mol. The molecule has 0 aliphatic heterocycles. The summed E-state index contributed by atoms with van der Waals surface area (Å²) >= 11 is 5.77. The SMILES string of the molecule is CNC(=O)C=C(NC)c1ccc(Cl)cc1. The Bertz CT molecular complexity index is 371. The fourth-order valence-electron chi connectivity index (χ4n) is 1.13. The summed E-state index contributed by atoms with van der Waals surface area (Å²) in [6.45, 7) is 0. The fourth-order valence-corrected chi connectivity index (χ4v) is 1.26. The Balaban J connectivity index is 2.97. The minimum Gasteiger partial charge on any atom is -0.387 e. The number of carbonyl (C=O) groups is 1. The van der Waals surface area contributed by atoms with Crippen molar-refractivity contribution in [2.75, 3.05) is 14.1 Å². The van der Waals surface area contributed by atoms with Crippen molar-refractivity contribution in [3.05, 3.63) is 40.9 Å². The molecule has 0 radical (unpaired) electrons. The van der Waals surface area contributed by atoms with Gasteiger partial charge in [0, 0.05) is 30.9 Å². The molecule has 0 aliphatic rings. The molecule has 1 aromatic rings. The maximum Gasteiger partial charge on any atom is 0.245 e. The second-order valence-electron chi connectivity index (χ2n) is 2.93. The number of amides is 1. The van der Waals surface area contributed by atoms with E-state index in [1.807, 2.05) is 12.1 Å². The van der Waals surface area contributed by atoms with Crippen LogP contribution in [-0.4, -0.2) is 20.0 Å². The van der Waals surface area contributed by atoms with Gasteiger partial charge in [-0.15, -0.1) is 0 Å². The van der Waals surface area contributed by atoms with Gasteiger partial charge in [0.05, 0.1) is 0 Å². The Hall–Kier alpha value is -1.48. The first-order valence-corrected chi connectivity index (χ1v) is 4.92. The molecular weight excluding hydrogens is 212 g/mol. The zero-order chi connectivity index (χ0) is 11.3. The Morgan fingerprint density at radius 1 is 1.20 bits per heavy atom. The summed E-state index contributed by atoms with van der Waals surface area (Å²) in [7, 11) is 3.36. The largest absolute Gasteiger partial charge is 0.387 e. The summed E-state index contributed by atoms with van der Waals surface area (Å²) < 4.78 is 0.